The second-order valence-corrected chi connectivity index (χ2v) is 7.46. The van der Waals surface area contributed by atoms with E-state index < -0.39 is 16.5 Å². The van der Waals surface area contributed by atoms with Crippen molar-refractivity contribution in [3.05, 3.63) is 54.1 Å². The van der Waals surface area contributed by atoms with Crippen molar-refractivity contribution in [3.8, 4) is 5.75 Å². The highest BCUT2D eigenvalue weighted by Gasteiger charge is 2.23. The largest absolute Gasteiger partial charge is 0.379 e. The van der Waals surface area contributed by atoms with Crippen LogP contribution in [0.2, 0.25) is 0 Å². The lowest BCUT2D eigenvalue weighted by Crippen LogP contribution is -2.35. The Bertz CT molecular complexity index is 821. The fourth-order valence-corrected chi connectivity index (χ4v) is 3.81. The molecule has 6 nitrogen and oxygen atoms in total. The van der Waals surface area contributed by atoms with Crippen LogP contribution in [0.4, 0.5) is 5.69 Å². The number of benzene rings is 2. The van der Waals surface area contributed by atoms with Crippen molar-refractivity contribution in [2.45, 2.75) is 31.0 Å². The maximum Gasteiger partial charge on any atom is 0.339 e. The van der Waals surface area contributed by atoms with E-state index in [-0.39, 0.29) is 4.90 Å². The molecule has 1 heterocycles. The molecule has 0 radical (unpaired) electrons. The first-order valence-electron chi connectivity index (χ1n) is 8.32. The minimum absolute atomic E-state index is 0.0872. The number of para-hydroxylation sites is 1. The van der Waals surface area contributed by atoms with Crippen LogP contribution in [-0.4, -0.2) is 33.0 Å². The van der Waals surface area contributed by atoms with Gasteiger partial charge in [0.05, 0.1) is 0 Å². The molecular weight excluding hydrogens is 340 g/mol. The fraction of sp³-hybridized carbons (Fsp3) is 0.333. The van der Waals surface area contributed by atoms with Crippen molar-refractivity contribution >= 4 is 15.8 Å². The number of aryl methyl sites for hydroxylation is 1. The molecule has 7 heteroatoms. The van der Waals surface area contributed by atoms with Gasteiger partial charge in [0.25, 0.3) is 0 Å². The third kappa shape index (κ3) is 3.95. The maximum absolute atomic E-state index is 12.6. The Balaban J connectivity index is 1.81. The normalized spacial score (nSPS) is 17.7. The zero-order valence-corrected chi connectivity index (χ0v) is 14.9. The minimum atomic E-state index is -3.90. The quantitative estimate of drug-likeness (QED) is 0.766. The summed E-state index contributed by atoms with van der Waals surface area (Å²) in [6.07, 6.45) is 0.908. The molecule has 0 aliphatic carbocycles. The average Bonchev–Trinajstić information content (AvgIpc) is 3.03. The SMILES string of the molecule is CCCc1ccccc1OS(=O)(=O)c1ccc(N2CCNC2O)cc1. The lowest BCUT2D eigenvalue weighted by molar-refractivity contribution is 0.163. The Morgan fingerprint density at radius 1 is 1.20 bits per heavy atom. The zero-order valence-electron chi connectivity index (χ0n) is 14.1. The monoisotopic (exact) mass is 362 g/mol. The van der Waals surface area contributed by atoms with Gasteiger partial charge in [-0.15, -0.1) is 0 Å². The third-order valence-corrected chi connectivity index (χ3v) is 5.37. The number of aliphatic hydroxyl groups is 1. The molecule has 1 fully saturated rings. The molecule has 25 heavy (non-hydrogen) atoms. The van der Waals surface area contributed by atoms with Gasteiger partial charge in [-0.1, -0.05) is 31.5 Å². The number of nitrogens with one attached hydrogen (secondary N) is 1. The van der Waals surface area contributed by atoms with Gasteiger partial charge in [0.15, 0.2) is 6.35 Å². The summed E-state index contributed by atoms with van der Waals surface area (Å²) in [5.41, 5.74) is 1.62. The molecular formula is C18H22N2O4S. The van der Waals surface area contributed by atoms with Crippen LogP contribution in [-0.2, 0) is 16.5 Å². The summed E-state index contributed by atoms with van der Waals surface area (Å²) in [5.74, 6) is 0.368. The zero-order chi connectivity index (χ0) is 17.9. The minimum Gasteiger partial charge on any atom is -0.379 e. The van der Waals surface area contributed by atoms with Crippen molar-refractivity contribution in [1.82, 2.24) is 5.32 Å². The summed E-state index contributed by atoms with van der Waals surface area (Å²) in [7, 11) is -3.90. The topological polar surface area (TPSA) is 78.9 Å². The summed E-state index contributed by atoms with van der Waals surface area (Å²) in [6, 6.07) is 13.5. The molecule has 1 saturated heterocycles. The summed E-state index contributed by atoms with van der Waals surface area (Å²) < 4.78 is 30.5. The molecule has 0 saturated carbocycles. The van der Waals surface area contributed by atoms with Gasteiger partial charge in [0.2, 0.25) is 0 Å². The van der Waals surface area contributed by atoms with Gasteiger partial charge in [-0.2, -0.15) is 8.42 Å². The first-order valence-corrected chi connectivity index (χ1v) is 9.72. The highest BCUT2D eigenvalue weighted by atomic mass is 32.2. The summed E-state index contributed by atoms with van der Waals surface area (Å²) in [5, 5.41) is 12.7. The average molecular weight is 362 g/mol. The number of nitrogens with zero attached hydrogens (tertiary/aromatic N) is 1. The molecule has 0 spiro atoms. The molecule has 2 aromatic rings. The Hall–Kier alpha value is -2.09. The van der Waals surface area contributed by atoms with Crippen LogP contribution < -0.4 is 14.4 Å². The Morgan fingerprint density at radius 2 is 1.92 bits per heavy atom. The molecule has 1 unspecified atom stereocenters. The molecule has 3 rings (SSSR count). The van der Waals surface area contributed by atoms with E-state index in [9.17, 15) is 13.5 Å². The molecule has 2 aromatic carbocycles. The highest BCUT2D eigenvalue weighted by Crippen LogP contribution is 2.26. The van der Waals surface area contributed by atoms with E-state index in [4.69, 9.17) is 4.18 Å². The van der Waals surface area contributed by atoms with E-state index in [0.717, 1.165) is 24.1 Å². The predicted molar refractivity (Wildman–Crippen MR) is 96.0 cm³/mol. The van der Waals surface area contributed by atoms with Crippen molar-refractivity contribution in [3.63, 3.8) is 0 Å². The maximum atomic E-state index is 12.6. The van der Waals surface area contributed by atoms with Crippen molar-refractivity contribution in [2.75, 3.05) is 18.0 Å². The number of aliphatic hydroxyl groups excluding tert-OH is 1. The third-order valence-electron chi connectivity index (χ3n) is 4.12. The predicted octanol–water partition coefficient (Wildman–Crippen LogP) is 2.09. The van der Waals surface area contributed by atoms with E-state index in [0.29, 0.717) is 18.8 Å². The van der Waals surface area contributed by atoms with Crippen LogP contribution in [0, 0.1) is 0 Å². The summed E-state index contributed by atoms with van der Waals surface area (Å²) in [6.45, 7) is 3.37. The number of rotatable bonds is 6. The standard InChI is InChI=1S/C18H22N2O4S/c1-2-5-14-6-3-4-7-17(14)24-25(22,23)16-10-8-15(9-11-16)20-13-12-19-18(20)21/h3-4,6-11,18-19,21H,2,5,12-13H2,1H3. The first-order chi connectivity index (χ1) is 12.0. The Morgan fingerprint density at radius 3 is 2.56 bits per heavy atom. The van der Waals surface area contributed by atoms with Crippen molar-refractivity contribution in [2.24, 2.45) is 0 Å². The van der Waals surface area contributed by atoms with E-state index in [1.165, 1.54) is 12.1 Å². The highest BCUT2D eigenvalue weighted by molar-refractivity contribution is 7.87. The molecule has 134 valence electrons. The summed E-state index contributed by atoms with van der Waals surface area (Å²) in [4.78, 5) is 1.84. The van der Waals surface area contributed by atoms with E-state index in [1.807, 2.05) is 19.1 Å². The van der Waals surface area contributed by atoms with Gasteiger partial charge >= 0.3 is 10.1 Å². The smallest absolute Gasteiger partial charge is 0.339 e. The van der Waals surface area contributed by atoms with Crippen LogP contribution in [0.25, 0.3) is 0 Å². The molecule has 0 aromatic heterocycles. The fourth-order valence-electron chi connectivity index (χ4n) is 2.85. The molecule has 1 atom stereocenters. The van der Waals surface area contributed by atoms with Gasteiger partial charge in [-0.25, -0.2) is 0 Å². The lowest BCUT2D eigenvalue weighted by Gasteiger charge is -2.21. The van der Waals surface area contributed by atoms with Crippen molar-refractivity contribution in [1.29, 1.82) is 0 Å². The van der Waals surface area contributed by atoms with Crippen LogP contribution in [0.1, 0.15) is 18.9 Å². The van der Waals surface area contributed by atoms with Crippen molar-refractivity contribution < 1.29 is 17.7 Å². The van der Waals surface area contributed by atoms with Gasteiger partial charge in [-0.05, 0) is 42.3 Å². The second kappa shape index (κ2) is 7.43. The number of hydrogen-bond donors (Lipinski definition) is 2. The van der Waals surface area contributed by atoms with E-state index in [1.54, 1.807) is 29.2 Å². The second-order valence-electron chi connectivity index (χ2n) is 5.91. The van der Waals surface area contributed by atoms with Gasteiger partial charge in [0.1, 0.15) is 10.6 Å². The van der Waals surface area contributed by atoms with Gasteiger partial charge in [0, 0.05) is 18.8 Å². The Kier molecular flexibility index (Phi) is 5.27. The molecule has 0 amide bonds. The first kappa shape index (κ1) is 17.7. The van der Waals surface area contributed by atoms with Crippen LogP contribution in [0.5, 0.6) is 5.75 Å². The van der Waals surface area contributed by atoms with Crippen LogP contribution in [0.3, 0.4) is 0 Å². The number of anilines is 1. The van der Waals surface area contributed by atoms with E-state index >= 15 is 0 Å². The van der Waals surface area contributed by atoms with Crippen LogP contribution in [0.15, 0.2) is 53.4 Å². The van der Waals surface area contributed by atoms with E-state index in [2.05, 4.69) is 5.32 Å². The van der Waals surface area contributed by atoms with Gasteiger partial charge < -0.3 is 14.2 Å². The number of hydrogen-bond acceptors (Lipinski definition) is 6. The molecule has 1 aliphatic rings. The molecule has 0 bridgehead atoms. The van der Waals surface area contributed by atoms with Crippen LogP contribution >= 0.6 is 0 Å². The molecule has 1 aliphatic heterocycles. The molecule has 2 N–H and O–H groups in total. The summed E-state index contributed by atoms with van der Waals surface area (Å²) >= 11 is 0. The Labute approximate surface area is 148 Å². The van der Waals surface area contributed by atoms with Gasteiger partial charge in [-0.3, -0.25) is 5.32 Å². The lowest BCUT2D eigenvalue weighted by atomic mass is 10.1.